The summed E-state index contributed by atoms with van der Waals surface area (Å²) in [5.41, 5.74) is 1.75. The third-order valence-corrected chi connectivity index (χ3v) is 2.50. The van der Waals surface area contributed by atoms with Gasteiger partial charge in [0.1, 0.15) is 5.82 Å². The fourth-order valence-electron chi connectivity index (χ4n) is 1.33. The predicted molar refractivity (Wildman–Crippen MR) is 64.7 cm³/mol. The molecule has 0 aliphatic carbocycles. The SMILES string of the molecule is Br.Fc1cc(CBr)c2ncccc2c1. The van der Waals surface area contributed by atoms with Gasteiger partial charge in [-0.05, 0) is 23.8 Å². The molecule has 1 nitrogen and oxygen atoms in total. The van der Waals surface area contributed by atoms with E-state index in [4.69, 9.17) is 0 Å². The van der Waals surface area contributed by atoms with Crippen LogP contribution in [-0.4, -0.2) is 4.98 Å². The molecule has 1 aromatic carbocycles. The van der Waals surface area contributed by atoms with Crippen LogP contribution in [0.1, 0.15) is 5.56 Å². The van der Waals surface area contributed by atoms with Crippen molar-refractivity contribution in [3.8, 4) is 0 Å². The van der Waals surface area contributed by atoms with Gasteiger partial charge < -0.3 is 0 Å². The number of aromatic nitrogens is 1. The van der Waals surface area contributed by atoms with Gasteiger partial charge in [0.2, 0.25) is 0 Å². The maximum Gasteiger partial charge on any atom is 0.124 e. The van der Waals surface area contributed by atoms with Crippen LogP contribution in [0.3, 0.4) is 0 Å². The van der Waals surface area contributed by atoms with Crippen LogP contribution in [0.5, 0.6) is 0 Å². The number of fused-ring (bicyclic) bond motifs is 1. The quantitative estimate of drug-likeness (QED) is 0.727. The molecular weight excluding hydrogens is 313 g/mol. The molecular formula is C10H8Br2FN. The van der Waals surface area contributed by atoms with Crippen LogP contribution in [0, 0.1) is 5.82 Å². The number of hydrogen-bond donors (Lipinski definition) is 0. The number of pyridine rings is 1. The van der Waals surface area contributed by atoms with E-state index in [0.717, 1.165) is 16.5 Å². The molecule has 0 amide bonds. The summed E-state index contributed by atoms with van der Waals surface area (Å²) in [5.74, 6) is -0.213. The lowest BCUT2D eigenvalue weighted by Gasteiger charge is -2.01. The minimum atomic E-state index is -0.213. The highest BCUT2D eigenvalue weighted by molar-refractivity contribution is 9.08. The Hall–Kier alpha value is -0.480. The van der Waals surface area contributed by atoms with Crippen LogP contribution in [0.25, 0.3) is 10.9 Å². The number of alkyl halides is 1. The maximum absolute atomic E-state index is 13.0. The van der Waals surface area contributed by atoms with Crippen molar-refractivity contribution in [2.75, 3.05) is 0 Å². The Kier molecular flexibility index (Phi) is 4.01. The maximum atomic E-state index is 13.0. The highest BCUT2D eigenvalue weighted by Crippen LogP contribution is 2.20. The van der Waals surface area contributed by atoms with Crippen LogP contribution >= 0.6 is 32.9 Å². The summed E-state index contributed by atoms with van der Waals surface area (Å²) in [6.45, 7) is 0. The standard InChI is InChI=1S/C10H7BrFN.BrH/c11-6-8-5-9(12)4-7-2-1-3-13-10(7)8;/h1-5H,6H2;1H. The topological polar surface area (TPSA) is 12.9 Å². The molecule has 1 aromatic heterocycles. The summed E-state index contributed by atoms with van der Waals surface area (Å²) in [7, 11) is 0. The summed E-state index contributed by atoms with van der Waals surface area (Å²) in [6.07, 6.45) is 1.71. The molecule has 14 heavy (non-hydrogen) atoms. The Labute approximate surface area is 100 Å². The Bertz CT molecular complexity index is 445. The van der Waals surface area contributed by atoms with Crippen molar-refractivity contribution in [3.63, 3.8) is 0 Å². The van der Waals surface area contributed by atoms with Crippen molar-refractivity contribution in [3.05, 3.63) is 41.8 Å². The fourth-order valence-corrected chi connectivity index (χ4v) is 1.76. The van der Waals surface area contributed by atoms with Gasteiger partial charge in [0.05, 0.1) is 5.52 Å². The van der Waals surface area contributed by atoms with Gasteiger partial charge in [-0.15, -0.1) is 17.0 Å². The second-order valence-corrected chi connectivity index (χ2v) is 3.33. The molecule has 0 N–H and O–H groups in total. The zero-order chi connectivity index (χ0) is 9.26. The Morgan fingerprint density at radius 3 is 2.86 bits per heavy atom. The third kappa shape index (κ3) is 2.12. The number of hydrogen-bond acceptors (Lipinski definition) is 1. The third-order valence-electron chi connectivity index (χ3n) is 1.89. The number of benzene rings is 1. The summed E-state index contributed by atoms with van der Waals surface area (Å²) >= 11 is 3.31. The Balaban J connectivity index is 0.000000980. The first kappa shape index (κ1) is 11.6. The molecule has 0 spiro atoms. The van der Waals surface area contributed by atoms with Crippen LogP contribution < -0.4 is 0 Å². The van der Waals surface area contributed by atoms with E-state index in [1.807, 2.05) is 6.07 Å². The van der Waals surface area contributed by atoms with Crippen LogP contribution in [0.4, 0.5) is 4.39 Å². The number of rotatable bonds is 1. The Morgan fingerprint density at radius 2 is 2.14 bits per heavy atom. The lowest BCUT2D eigenvalue weighted by Crippen LogP contribution is -1.87. The lowest BCUT2D eigenvalue weighted by atomic mass is 10.1. The highest BCUT2D eigenvalue weighted by Gasteiger charge is 2.02. The fraction of sp³-hybridized carbons (Fsp3) is 0.100. The largest absolute Gasteiger partial charge is 0.256 e. The first-order valence-corrected chi connectivity index (χ1v) is 5.02. The minimum Gasteiger partial charge on any atom is -0.256 e. The van der Waals surface area contributed by atoms with Gasteiger partial charge in [-0.2, -0.15) is 0 Å². The van der Waals surface area contributed by atoms with Crippen LogP contribution in [0.15, 0.2) is 30.5 Å². The van der Waals surface area contributed by atoms with E-state index in [2.05, 4.69) is 20.9 Å². The van der Waals surface area contributed by atoms with Crippen molar-refractivity contribution < 1.29 is 4.39 Å². The molecule has 0 radical (unpaired) electrons. The van der Waals surface area contributed by atoms with Gasteiger partial charge in [0.15, 0.2) is 0 Å². The van der Waals surface area contributed by atoms with E-state index in [1.54, 1.807) is 12.3 Å². The molecule has 0 saturated heterocycles. The smallest absolute Gasteiger partial charge is 0.124 e. The molecule has 74 valence electrons. The second kappa shape index (κ2) is 4.84. The summed E-state index contributed by atoms with van der Waals surface area (Å²) in [4.78, 5) is 4.20. The molecule has 0 unspecified atom stereocenters. The van der Waals surface area contributed by atoms with Gasteiger partial charge in [-0.25, -0.2) is 4.39 Å². The summed E-state index contributed by atoms with van der Waals surface area (Å²) in [6, 6.07) is 6.66. The monoisotopic (exact) mass is 319 g/mol. The first-order chi connectivity index (χ1) is 6.31. The molecule has 0 atom stereocenters. The zero-order valence-electron chi connectivity index (χ0n) is 7.21. The van der Waals surface area contributed by atoms with Crippen LogP contribution in [0.2, 0.25) is 0 Å². The van der Waals surface area contributed by atoms with E-state index >= 15 is 0 Å². The average Bonchev–Trinajstić information content (AvgIpc) is 2.16. The zero-order valence-corrected chi connectivity index (χ0v) is 10.5. The molecule has 2 aromatic rings. The first-order valence-electron chi connectivity index (χ1n) is 3.90. The van der Waals surface area contributed by atoms with Gasteiger partial charge in [-0.3, -0.25) is 4.98 Å². The van der Waals surface area contributed by atoms with Gasteiger partial charge >= 0.3 is 0 Å². The van der Waals surface area contributed by atoms with E-state index in [0.29, 0.717) is 5.33 Å². The molecule has 0 bridgehead atoms. The molecule has 0 aliphatic rings. The van der Waals surface area contributed by atoms with Gasteiger partial charge in [-0.1, -0.05) is 22.0 Å². The van der Waals surface area contributed by atoms with Crippen molar-refractivity contribution in [2.45, 2.75) is 5.33 Å². The Morgan fingerprint density at radius 1 is 1.36 bits per heavy atom. The summed E-state index contributed by atoms with van der Waals surface area (Å²) in [5, 5.41) is 1.47. The van der Waals surface area contributed by atoms with E-state index in [1.165, 1.54) is 12.1 Å². The average molecular weight is 321 g/mol. The van der Waals surface area contributed by atoms with Gasteiger partial charge in [0.25, 0.3) is 0 Å². The van der Waals surface area contributed by atoms with E-state index in [-0.39, 0.29) is 22.8 Å². The molecule has 1 heterocycles. The minimum absolute atomic E-state index is 0. The lowest BCUT2D eigenvalue weighted by molar-refractivity contribution is 0.628. The van der Waals surface area contributed by atoms with Crippen molar-refractivity contribution in [1.29, 1.82) is 0 Å². The second-order valence-electron chi connectivity index (χ2n) is 2.77. The van der Waals surface area contributed by atoms with E-state index in [9.17, 15) is 4.39 Å². The predicted octanol–water partition coefficient (Wildman–Crippen LogP) is 3.85. The van der Waals surface area contributed by atoms with E-state index < -0.39 is 0 Å². The molecule has 2 rings (SSSR count). The number of nitrogens with zero attached hydrogens (tertiary/aromatic N) is 1. The van der Waals surface area contributed by atoms with Crippen molar-refractivity contribution in [1.82, 2.24) is 4.98 Å². The summed E-state index contributed by atoms with van der Waals surface area (Å²) < 4.78 is 13.0. The molecule has 0 saturated carbocycles. The van der Waals surface area contributed by atoms with Crippen molar-refractivity contribution in [2.24, 2.45) is 0 Å². The molecule has 0 aliphatic heterocycles. The van der Waals surface area contributed by atoms with Crippen LogP contribution in [-0.2, 0) is 5.33 Å². The number of halogens is 3. The van der Waals surface area contributed by atoms with Gasteiger partial charge in [0, 0.05) is 16.9 Å². The molecule has 0 fully saturated rings. The normalized spacial score (nSPS) is 9.86. The van der Waals surface area contributed by atoms with Crippen molar-refractivity contribution >= 4 is 43.8 Å². The highest BCUT2D eigenvalue weighted by atomic mass is 79.9. The molecule has 4 heteroatoms.